The topological polar surface area (TPSA) is 76.6 Å². The fraction of sp³-hybridized carbons (Fsp3) is 0.231. The zero-order valence-electron chi connectivity index (χ0n) is 18.2. The van der Waals surface area contributed by atoms with E-state index in [9.17, 15) is 13.5 Å². The molecule has 2 aliphatic heterocycles. The number of benzene rings is 3. The Labute approximate surface area is 192 Å². The van der Waals surface area contributed by atoms with Crippen LogP contribution in [0.2, 0.25) is 0 Å². The van der Waals surface area contributed by atoms with E-state index in [1.165, 1.54) is 5.57 Å². The van der Waals surface area contributed by atoms with Gasteiger partial charge in [-0.25, -0.2) is 8.42 Å². The van der Waals surface area contributed by atoms with E-state index in [0.717, 1.165) is 65.4 Å². The van der Waals surface area contributed by atoms with Gasteiger partial charge in [0.2, 0.25) is 0 Å². The number of fused-ring (bicyclic) bond motifs is 1. The minimum absolute atomic E-state index is 0.274. The Morgan fingerprint density at radius 2 is 1.88 bits per heavy atom. The minimum Gasteiger partial charge on any atom is -0.508 e. The van der Waals surface area contributed by atoms with Crippen LogP contribution in [-0.4, -0.2) is 49.6 Å². The number of H-pyrrole nitrogens is 1. The highest BCUT2D eigenvalue weighted by molar-refractivity contribution is 7.93. The lowest BCUT2D eigenvalue weighted by atomic mass is 9.98. The number of rotatable bonds is 5. The van der Waals surface area contributed by atoms with Crippen LogP contribution in [0.1, 0.15) is 18.4 Å². The van der Waals surface area contributed by atoms with Crippen molar-refractivity contribution in [2.75, 3.05) is 30.5 Å². The van der Waals surface area contributed by atoms with Gasteiger partial charge in [0, 0.05) is 54.2 Å². The predicted octanol–water partition coefficient (Wildman–Crippen LogP) is 4.71. The fourth-order valence-corrected chi connectivity index (χ4v) is 6.92. The monoisotopic (exact) mass is 459 g/mol. The normalized spacial score (nSPS) is 17.7. The second-order valence-corrected chi connectivity index (χ2v) is 10.6. The summed E-state index contributed by atoms with van der Waals surface area (Å²) in [6.07, 6.45) is 5.96. The first kappa shape index (κ1) is 20.3. The average Bonchev–Trinajstić information content (AvgIpc) is 3.33. The highest BCUT2D eigenvalue weighted by Crippen LogP contribution is 2.42. The quantitative estimate of drug-likeness (QED) is 0.453. The molecule has 0 fully saturated rings. The molecule has 4 aromatic rings. The summed E-state index contributed by atoms with van der Waals surface area (Å²) >= 11 is 0. The second kappa shape index (κ2) is 7.64. The van der Waals surface area contributed by atoms with E-state index in [0.29, 0.717) is 11.4 Å². The van der Waals surface area contributed by atoms with E-state index in [2.05, 4.69) is 16.0 Å². The lowest BCUT2D eigenvalue weighted by molar-refractivity contribution is 0.300. The van der Waals surface area contributed by atoms with Gasteiger partial charge in [0.25, 0.3) is 10.0 Å². The molecule has 0 unspecified atom stereocenters. The van der Waals surface area contributed by atoms with Gasteiger partial charge < -0.3 is 10.1 Å². The Morgan fingerprint density at radius 3 is 2.70 bits per heavy atom. The number of nitrogens with one attached hydrogen (secondary N) is 1. The zero-order chi connectivity index (χ0) is 22.6. The third kappa shape index (κ3) is 3.31. The maximum Gasteiger partial charge on any atom is 0.265 e. The van der Waals surface area contributed by atoms with Crippen LogP contribution in [0.5, 0.6) is 5.75 Å². The number of phenols is 1. The van der Waals surface area contributed by atoms with Crippen LogP contribution in [-0.2, 0) is 10.0 Å². The van der Waals surface area contributed by atoms with Gasteiger partial charge in [0.15, 0.2) is 0 Å². The van der Waals surface area contributed by atoms with Crippen LogP contribution in [0.4, 0.5) is 5.69 Å². The van der Waals surface area contributed by atoms with Crippen LogP contribution in [0.3, 0.4) is 0 Å². The molecule has 7 heteroatoms. The van der Waals surface area contributed by atoms with Crippen molar-refractivity contribution in [3.63, 3.8) is 0 Å². The number of sulfonamides is 1. The first-order valence-electron chi connectivity index (χ1n) is 11.3. The molecular weight excluding hydrogens is 434 g/mol. The average molecular weight is 460 g/mol. The van der Waals surface area contributed by atoms with E-state index in [1.54, 1.807) is 16.4 Å². The summed E-state index contributed by atoms with van der Waals surface area (Å²) in [5, 5.41) is 12.7. The van der Waals surface area contributed by atoms with Crippen molar-refractivity contribution in [3.05, 3.63) is 72.4 Å². The Hall–Kier alpha value is -3.29. The molecule has 3 heterocycles. The molecule has 1 aromatic heterocycles. The third-order valence-electron chi connectivity index (χ3n) is 6.82. The molecule has 2 N–H and O–H groups in total. The third-order valence-corrected chi connectivity index (χ3v) is 8.68. The van der Waals surface area contributed by atoms with Gasteiger partial charge in [-0.15, -0.1) is 0 Å². The number of phenolic OH excluding ortho intramolecular Hbond substituents is 1. The molecule has 3 aromatic carbocycles. The van der Waals surface area contributed by atoms with Gasteiger partial charge in [0.05, 0.1) is 10.6 Å². The highest BCUT2D eigenvalue weighted by atomic mass is 32.2. The molecule has 0 amide bonds. The Balaban J connectivity index is 1.13. The number of aromatic nitrogens is 1. The van der Waals surface area contributed by atoms with Gasteiger partial charge in [-0.3, -0.25) is 9.21 Å². The van der Waals surface area contributed by atoms with Crippen LogP contribution < -0.4 is 4.31 Å². The molecular formula is C26H25N3O3S. The highest BCUT2D eigenvalue weighted by Gasteiger charge is 2.35. The first-order chi connectivity index (χ1) is 16.0. The van der Waals surface area contributed by atoms with Gasteiger partial charge in [-0.1, -0.05) is 30.3 Å². The Bertz CT molecular complexity index is 1520. The molecule has 2 aliphatic rings. The van der Waals surface area contributed by atoms with Gasteiger partial charge >= 0.3 is 0 Å². The molecule has 6 nitrogen and oxygen atoms in total. The van der Waals surface area contributed by atoms with Crippen molar-refractivity contribution >= 4 is 43.0 Å². The molecule has 0 aliphatic carbocycles. The van der Waals surface area contributed by atoms with Gasteiger partial charge in [-0.05, 0) is 54.1 Å². The van der Waals surface area contributed by atoms with E-state index in [1.807, 2.05) is 48.7 Å². The second-order valence-electron chi connectivity index (χ2n) is 8.77. The SMILES string of the molecule is O=S1(=O)c2cccc3cccc(c23)N1CCCN1CC=C(c2c[nH]c3ccc(O)cc23)CC1. The standard InChI is InChI=1S/C26H25N3O3S/c30-20-8-9-23-21(16-20)22(17-27-23)18-10-14-28(15-11-18)12-3-13-29-24-6-1-4-19-5-2-7-25(26(19)24)33(29,31)32/h1-2,4-10,16-17,27,30H,3,11-15H2. The van der Waals surface area contributed by atoms with E-state index < -0.39 is 10.0 Å². The summed E-state index contributed by atoms with van der Waals surface area (Å²) in [5.41, 5.74) is 4.25. The molecule has 0 saturated carbocycles. The molecule has 0 bridgehead atoms. The van der Waals surface area contributed by atoms with Crippen molar-refractivity contribution < 1.29 is 13.5 Å². The summed E-state index contributed by atoms with van der Waals surface area (Å²) in [6, 6.07) is 16.7. The molecule has 0 saturated heterocycles. The summed E-state index contributed by atoms with van der Waals surface area (Å²) in [7, 11) is -3.49. The van der Waals surface area contributed by atoms with Gasteiger partial charge in [0.1, 0.15) is 5.75 Å². The lowest BCUT2D eigenvalue weighted by Crippen LogP contribution is -2.34. The Morgan fingerprint density at radius 1 is 1.03 bits per heavy atom. The number of aromatic hydroxyl groups is 1. The molecule has 168 valence electrons. The molecule has 0 spiro atoms. The van der Waals surface area contributed by atoms with Crippen LogP contribution in [0, 0.1) is 0 Å². The maximum absolute atomic E-state index is 13.1. The van der Waals surface area contributed by atoms with E-state index in [-0.39, 0.29) is 5.75 Å². The van der Waals surface area contributed by atoms with Crippen molar-refractivity contribution in [1.29, 1.82) is 0 Å². The fourth-order valence-electron chi connectivity index (χ4n) is 5.17. The van der Waals surface area contributed by atoms with Crippen molar-refractivity contribution in [3.8, 4) is 5.75 Å². The van der Waals surface area contributed by atoms with Crippen molar-refractivity contribution in [1.82, 2.24) is 9.88 Å². The predicted molar refractivity (Wildman–Crippen MR) is 132 cm³/mol. The molecule has 6 rings (SSSR count). The first-order valence-corrected chi connectivity index (χ1v) is 12.7. The summed E-state index contributed by atoms with van der Waals surface area (Å²) < 4.78 is 27.8. The number of anilines is 1. The number of hydrogen-bond donors (Lipinski definition) is 2. The maximum atomic E-state index is 13.1. The van der Waals surface area contributed by atoms with Crippen LogP contribution in [0.25, 0.3) is 27.2 Å². The largest absolute Gasteiger partial charge is 0.508 e. The summed E-state index contributed by atoms with van der Waals surface area (Å²) in [6.45, 7) is 3.09. The lowest BCUT2D eigenvalue weighted by Gasteiger charge is -2.27. The summed E-state index contributed by atoms with van der Waals surface area (Å²) in [5.74, 6) is 0.274. The minimum atomic E-state index is -3.49. The summed E-state index contributed by atoms with van der Waals surface area (Å²) in [4.78, 5) is 6.07. The van der Waals surface area contributed by atoms with Crippen LogP contribution in [0.15, 0.2) is 71.8 Å². The van der Waals surface area contributed by atoms with Gasteiger partial charge in [-0.2, -0.15) is 0 Å². The zero-order valence-corrected chi connectivity index (χ0v) is 19.0. The molecule has 0 radical (unpaired) electrons. The smallest absolute Gasteiger partial charge is 0.265 e. The molecule has 0 atom stereocenters. The van der Waals surface area contributed by atoms with Crippen molar-refractivity contribution in [2.24, 2.45) is 0 Å². The van der Waals surface area contributed by atoms with E-state index in [4.69, 9.17) is 0 Å². The number of hydrogen-bond acceptors (Lipinski definition) is 4. The van der Waals surface area contributed by atoms with Crippen LogP contribution >= 0.6 is 0 Å². The Kier molecular flexibility index (Phi) is 4.71. The number of aromatic amines is 1. The number of nitrogens with zero attached hydrogens (tertiary/aromatic N) is 2. The molecule has 33 heavy (non-hydrogen) atoms. The van der Waals surface area contributed by atoms with Crippen molar-refractivity contribution in [2.45, 2.75) is 17.7 Å². The van der Waals surface area contributed by atoms with E-state index >= 15 is 0 Å².